The van der Waals surface area contributed by atoms with Gasteiger partial charge in [-0.15, -0.1) is 0 Å². The fourth-order valence-electron chi connectivity index (χ4n) is 2.62. The number of aryl methyl sites for hydroxylation is 1. The van der Waals surface area contributed by atoms with Gasteiger partial charge in [0.1, 0.15) is 11.6 Å². The lowest BCUT2D eigenvalue weighted by Gasteiger charge is -2.14. The first-order chi connectivity index (χ1) is 9.20. The maximum atomic E-state index is 11.9. The number of benzene rings is 1. The molecule has 1 aliphatic carbocycles. The summed E-state index contributed by atoms with van der Waals surface area (Å²) >= 11 is 0. The highest BCUT2D eigenvalue weighted by molar-refractivity contribution is 5.35. The van der Waals surface area contributed by atoms with Gasteiger partial charge >= 0.3 is 5.69 Å². The van der Waals surface area contributed by atoms with Crippen molar-refractivity contribution in [3.8, 4) is 6.07 Å². The van der Waals surface area contributed by atoms with E-state index in [2.05, 4.69) is 4.98 Å². The molecule has 1 aromatic carbocycles. The lowest BCUT2D eigenvalue weighted by molar-refractivity contribution is 0.545. The van der Waals surface area contributed by atoms with Gasteiger partial charge in [-0.3, -0.25) is 14.3 Å². The number of nitrogens with zero attached hydrogens (tertiary/aromatic N) is 2. The number of aromatic nitrogens is 2. The van der Waals surface area contributed by atoms with Crippen molar-refractivity contribution in [3.05, 3.63) is 68.0 Å². The summed E-state index contributed by atoms with van der Waals surface area (Å²) in [5.41, 5.74) is 1.16. The maximum absolute atomic E-state index is 11.9. The number of hydrogen-bond acceptors (Lipinski definition) is 3. The van der Waals surface area contributed by atoms with Gasteiger partial charge in [0, 0.05) is 6.20 Å². The van der Waals surface area contributed by atoms with Crippen LogP contribution >= 0.6 is 0 Å². The second kappa shape index (κ2) is 4.25. The fraction of sp³-hybridized carbons (Fsp3) is 0.214. The molecule has 1 aliphatic rings. The number of nitrogens with one attached hydrogen (secondary N) is 1. The third kappa shape index (κ3) is 1.78. The van der Waals surface area contributed by atoms with Crippen molar-refractivity contribution in [2.75, 3.05) is 0 Å². The van der Waals surface area contributed by atoms with Gasteiger partial charge in [-0.1, -0.05) is 24.3 Å². The number of nitriles is 1. The molecule has 19 heavy (non-hydrogen) atoms. The highest BCUT2D eigenvalue weighted by atomic mass is 16.2. The van der Waals surface area contributed by atoms with E-state index < -0.39 is 11.2 Å². The Morgan fingerprint density at radius 2 is 2.11 bits per heavy atom. The van der Waals surface area contributed by atoms with Gasteiger partial charge in [-0.2, -0.15) is 5.26 Å². The van der Waals surface area contributed by atoms with Gasteiger partial charge < -0.3 is 0 Å². The molecular weight excluding hydrogens is 242 g/mol. The molecule has 0 fully saturated rings. The highest BCUT2D eigenvalue weighted by Crippen LogP contribution is 2.32. The Morgan fingerprint density at radius 1 is 1.32 bits per heavy atom. The Bertz CT molecular complexity index is 795. The molecule has 2 aromatic rings. The third-order valence-electron chi connectivity index (χ3n) is 3.53. The molecule has 0 bridgehead atoms. The van der Waals surface area contributed by atoms with Crippen molar-refractivity contribution in [2.45, 2.75) is 18.9 Å². The molecule has 0 aliphatic heterocycles. The van der Waals surface area contributed by atoms with Crippen molar-refractivity contribution >= 4 is 0 Å². The Hall–Kier alpha value is -2.61. The largest absolute Gasteiger partial charge is 0.328 e. The van der Waals surface area contributed by atoms with E-state index in [0.29, 0.717) is 0 Å². The molecule has 1 aromatic heterocycles. The van der Waals surface area contributed by atoms with Gasteiger partial charge in [0.2, 0.25) is 0 Å². The summed E-state index contributed by atoms with van der Waals surface area (Å²) in [5, 5.41) is 8.89. The molecule has 0 spiro atoms. The van der Waals surface area contributed by atoms with Crippen molar-refractivity contribution in [1.82, 2.24) is 9.55 Å². The normalized spacial score (nSPS) is 16.9. The van der Waals surface area contributed by atoms with Crippen LogP contribution < -0.4 is 11.2 Å². The monoisotopic (exact) mass is 253 g/mol. The molecule has 0 amide bonds. The molecule has 1 unspecified atom stereocenters. The maximum Gasteiger partial charge on any atom is 0.328 e. The van der Waals surface area contributed by atoms with Crippen molar-refractivity contribution < 1.29 is 0 Å². The predicted octanol–water partition coefficient (Wildman–Crippen LogP) is 0.944. The zero-order chi connectivity index (χ0) is 13.4. The quantitative estimate of drug-likeness (QED) is 0.821. The molecule has 1 heterocycles. The van der Waals surface area contributed by atoms with Crippen LogP contribution in [0.15, 0.2) is 40.1 Å². The van der Waals surface area contributed by atoms with Crippen LogP contribution in [0, 0.1) is 11.3 Å². The van der Waals surface area contributed by atoms with Gasteiger partial charge in [0.05, 0.1) is 6.04 Å². The molecule has 5 heteroatoms. The Morgan fingerprint density at radius 3 is 2.89 bits per heavy atom. The van der Waals surface area contributed by atoms with Gasteiger partial charge in [0.15, 0.2) is 0 Å². The minimum atomic E-state index is -0.630. The Balaban J connectivity index is 2.18. The third-order valence-corrected chi connectivity index (χ3v) is 3.53. The standard InChI is InChI=1S/C14H11N3O2/c15-7-10-8-17(14(19)16-13(10)18)12-6-5-9-3-1-2-4-11(9)12/h1-4,8,12H,5-6H2,(H,16,18,19). The molecule has 0 radical (unpaired) electrons. The van der Waals surface area contributed by atoms with E-state index >= 15 is 0 Å². The second-order valence-electron chi connectivity index (χ2n) is 4.57. The summed E-state index contributed by atoms with van der Waals surface area (Å²) in [6, 6.07) is 9.62. The zero-order valence-electron chi connectivity index (χ0n) is 10.1. The van der Waals surface area contributed by atoms with E-state index in [9.17, 15) is 9.59 Å². The summed E-state index contributed by atoms with van der Waals surface area (Å²) in [6.07, 6.45) is 3.05. The van der Waals surface area contributed by atoms with Crippen LogP contribution in [-0.4, -0.2) is 9.55 Å². The van der Waals surface area contributed by atoms with Gasteiger partial charge in [-0.25, -0.2) is 4.79 Å². The number of H-pyrrole nitrogens is 1. The smallest absolute Gasteiger partial charge is 0.292 e. The van der Waals surface area contributed by atoms with Crippen LogP contribution in [-0.2, 0) is 6.42 Å². The van der Waals surface area contributed by atoms with Gasteiger partial charge in [-0.05, 0) is 24.0 Å². The molecule has 3 rings (SSSR count). The predicted molar refractivity (Wildman–Crippen MR) is 68.9 cm³/mol. The number of aromatic amines is 1. The fourth-order valence-corrected chi connectivity index (χ4v) is 2.62. The number of rotatable bonds is 1. The van der Waals surface area contributed by atoms with E-state index in [1.54, 1.807) is 6.07 Å². The Kier molecular flexibility index (Phi) is 2.57. The number of fused-ring (bicyclic) bond motifs is 1. The molecule has 94 valence electrons. The first-order valence-electron chi connectivity index (χ1n) is 6.04. The topological polar surface area (TPSA) is 78.7 Å². The highest BCUT2D eigenvalue weighted by Gasteiger charge is 2.24. The minimum Gasteiger partial charge on any atom is -0.292 e. The molecular formula is C14H11N3O2. The van der Waals surface area contributed by atoms with Crippen LogP contribution in [0.4, 0.5) is 0 Å². The summed E-state index contributed by atoms with van der Waals surface area (Å²) < 4.78 is 1.45. The molecule has 0 saturated heterocycles. The summed E-state index contributed by atoms with van der Waals surface area (Å²) in [6.45, 7) is 0. The first-order valence-corrected chi connectivity index (χ1v) is 6.04. The van der Waals surface area contributed by atoms with E-state index in [-0.39, 0.29) is 11.6 Å². The summed E-state index contributed by atoms with van der Waals surface area (Å²) in [5.74, 6) is 0. The van der Waals surface area contributed by atoms with Crippen LogP contribution in [0.5, 0.6) is 0 Å². The Labute approximate surface area is 108 Å². The first kappa shape index (κ1) is 11.5. The number of hydrogen-bond donors (Lipinski definition) is 1. The molecule has 5 nitrogen and oxygen atoms in total. The average molecular weight is 253 g/mol. The molecule has 1 atom stereocenters. The van der Waals surface area contributed by atoms with Crippen LogP contribution in [0.2, 0.25) is 0 Å². The van der Waals surface area contributed by atoms with E-state index in [1.165, 1.54) is 16.3 Å². The SMILES string of the molecule is N#Cc1cn(C2CCc3ccccc32)c(=O)[nH]c1=O. The van der Waals surface area contributed by atoms with E-state index in [1.807, 2.05) is 24.3 Å². The van der Waals surface area contributed by atoms with E-state index in [4.69, 9.17) is 5.26 Å². The van der Waals surface area contributed by atoms with Crippen LogP contribution in [0.3, 0.4) is 0 Å². The molecule has 1 N–H and O–H groups in total. The summed E-state index contributed by atoms with van der Waals surface area (Å²) in [7, 11) is 0. The van der Waals surface area contributed by atoms with Crippen molar-refractivity contribution in [1.29, 1.82) is 5.26 Å². The second-order valence-corrected chi connectivity index (χ2v) is 4.57. The summed E-state index contributed by atoms with van der Waals surface area (Å²) in [4.78, 5) is 25.5. The van der Waals surface area contributed by atoms with Crippen molar-refractivity contribution in [3.63, 3.8) is 0 Å². The van der Waals surface area contributed by atoms with Crippen molar-refractivity contribution in [2.24, 2.45) is 0 Å². The zero-order valence-corrected chi connectivity index (χ0v) is 10.1. The van der Waals surface area contributed by atoms with Crippen LogP contribution in [0.25, 0.3) is 0 Å². The average Bonchev–Trinajstić information content (AvgIpc) is 2.83. The molecule has 0 saturated carbocycles. The lowest BCUT2D eigenvalue weighted by Crippen LogP contribution is -2.33. The van der Waals surface area contributed by atoms with Gasteiger partial charge in [0.25, 0.3) is 5.56 Å². The van der Waals surface area contributed by atoms with E-state index in [0.717, 1.165) is 18.4 Å². The van der Waals surface area contributed by atoms with Crippen LogP contribution in [0.1, 0.15) is 29.2 Å². The lowest BCUT2D eigenvalue weighted by atomic mass is 10.1. The minimum absolute atomic E-state index is 0.0380.